The molecule has 1 heterocycles. The van der Waals surface area contributed by atoms with Gasteiger partial charge in [-0.15, -0.1) is 0 Å². The lowest BCUT2D eigenvalue weighted by Crippen LogP contribution is -2.42. The number of guanidine groups is 1. The summed E-state index contributed by atoms with van der Waals surface area (Å²) >= 11 is 0. The Balaban J connectivity index is 1.51. The second-order valence-corrected chi connectivity index (χ2v) is 6.70. The summed E-state index contributed by atoms with van der Waals surface area (Å²) in [4.78, 5) is 4.28. The topological polar surface area (TPSA) is 62.5 Å². The molecule has 1 aliphatic carbocycles. The Morgan fingerprint density at radius 3 is 2.72 bits per heavy atom. The summed E-state index contributed by atoms with van der Waals surface area (Å²) in [7, 11) is 1.76. The number of aromatic nitrogens is 1. The van der Waals surface area contributed by atoms with E-state index in [1.165, 1.54) is 6.07 Å². The smallest absolute Gasteiger partial charge is 0.191 e. The maximum Gasteiger partial charge on any atom is 0.191 e. The monoisotopic (exact) mass is 344 g/mol. The van der Waals surface area contributed by atoms with E-state index in [1.54, 1.807) is 19.2 Å². The summed E-state index contributed by atoms with van der Waals surface area (Å²) in [6, 6.07) is 6.91. The van der Waals surface area contributed by atoms with Crippen molar-refractivity contribution in [3.63, 3.8) is 0 Å². The highest BCUT2D eigenvalue weighted by Gasteiger charge is 2.44. The molecule has 0 spiro atoms. The molecule has 0 saturated heterocycles. The Bertz CT molecular complexity index is 745. The largest absolute Gasteiger partial charge is 0.361 e. The molecule has 0 amide bonds. The van der Waals surface area contributed by atoms with E-state index in [0.29, 0.717) is 0 Å². The summed E-state index contributed by atoms with van der Waals surface area (Å²) in [5.41, 5.74) is 3.17. The second-order valence-electron chi connectivity index (χ2n) is 6.70. The highest BCUT2D eigenvalue weighted by molar-refractivity contribution is 5.79. The van der Waals surface area contributed by atoms with Gasteiger partial charge in [0.05, 0.1) is 5.69 Å². The number of nitrogens with zero attached hydrogens (tertiary/aromatic N) is 2. The average molecular weight is 344 g/mol. The van der Waals surface area contributed by atoms with Gasteiger partial charge in [0.15, 0.2) is 5.96 Å². The molecule has 0 unspecified atom stereocenters. The molecule has 2 aromatic rings. The standard InChI is InChI=1S/C19H25FN4O/c1-13-17(14(2)25-24-13)7-10-22-18(21-3)23-12-19(8-9-19)15-5-4-6-16(20)11-15/h4-6,11H,7-10,12H2,1-3H3,(H2,21,22,23). The lowest BCUT2D eigenvalue weighted by Gasteiger charge is -2.19. The fourth-order valence-corrected chi connectivity index (χ4v) is 3.17. The first-order valence-corrected chi connectivity index (χ1v) is 8.66. The molecule has 25 heavy (non-hydrogen) atoms. The first kappa shape index (κ1) is 17.5. The minimum atomic E-state index is -0.175. The summed E-state index contributed by atoms with van der Waals surface area (Å²) in [5, 5.41) is 10.7. The Labute approximate surface area is 147 Å². The van der Waals surface area contributed by atoms with Crippen LogP contribution in [0.4, 0.5) is 4.39 Å². The van der Waals surface area contributed by atoms with Gasteiger partial charge in [0.25, 0.3) is 0 Å². The van der Waals surface area contributed by atoms with Crippen molar-refractivity contribution in [3.8, 4) is 0 Å². The summed E-state index contributed by atoms with van der Waals surface area (Å²) in [6.07, 6.45) is 2.97. The summed E-state index contributed by atoms with van der Waals surface area (Å²) in [5.74, 6) is 1.45. The third-order valence-corrected chi connectivity index (χ3v) is 4.96. The van der Waals surface area contributed by atoms with Crippen LogP contribution in [0.3, 0.4) is 0 Å². The molecule has 1 saturated carbocycles. The number of rotatable bonds is 6. The fraction of sp³-hybridized carbons (Fsp3) is 0.474. The maximum atomic E-state index is 13.5. The van der Waals surface area contributed by atoms with Gasteiger partial charge in [-0.2, -0.15) is 0 Å². The van der Waals surface area contributed by atoms with Crippen molar-refractivity contribution < 1.29 is 8.91 Å². The van der Waals surface area contributed by atoms with Crippen LogP contribution in [0.5, 0.6) is 0 Å². The fourth-order valence-electron chi connectivity index (χ4n) is 3.17. The van der Waals surface area contributed by atoms with Crippen LogP contribution in [-0.4, -0.2) is 31.3 Å². The molecule has 0 radical (unpaired) electrons. The van der Waals surface area contributed by atoms with Gasteiger partial charge in [-0.3, -0.25) is 4.99 Å². The van der Waals surface area contributed by atoms with Crippen LogP contribution < -0.4 is 10.6 Å². The summed E-state index contributed by atoms with van der Waals surface area (Å²) < 4.78 is 18.7. The van der Waals surface area contributed by atoms with Gasteiger partial charge in [0.2, 0.25) is 0 Å². The van der Waals surface area contributed by atoms with E-state index in [2.05, 4.69) is 20.8 Å². The molecule has 1 fully saturated rings. The first-order chi connectivity index (χ1) is 12.0. The Hall–Kier alpha value is -2.37. The lowest BCUT2D eigenvalue weighted by molar-refractivity contribution is 0.392. The van der Waals surface area contributed by atoms with Crippen LogP contribution in [0.2, 0.25) is 0 Å². The molecule has 1 aromatic carbocycles. The highest BCUT2D eigenvalue weighted by atomic mass is 19.1. The Morgan fingerprint density at radius 1 is 1.32 bits per heavy atom. The van der Waals surface area contributed by atoms with Crippen LogP contribution in [0.25, 0.3) is 0 Å². The van der Waals surface area contributed by atoms with Gasteiger partial charge in [0, 0.05) is 31.1 Å². The van der Waals surface area contributed by atoms with Gasteiger partial charge in [-0.1, -0.05) is 17.3 Å². The van der Waals surface area contributed by atoms with Crippen LogP contribution in [-0.2, 0) is 11.8 Å². The number of benzene rings is 1. The number of nitrogens with one attached hydrogen (secondary N) is 2. The SMILES string of the molecule is CN=C(NCCc1c(C)noc1C)NCC1(c2cccc(F)c2)CC1. The number of hydrogen-bond acceptors (Lipinski definition) is 3. The predicted octanol–water partition coefficient (Wildman–Crippen LogP) is 2.87. The molecule has 5 nitrogen and oxygen atoms in total. The van der Waals surface area contributed by atoms with E-state index in [0.717, 1.165) is 60.9 Å². The van der Waals surface area contributed by atoms with Crippen molar-refractivity contribution in [1.82, 2.24) is 15.8 Å². The van der Waals surface area contributed by atoms with E-state index < -0.39 is 0 Å². The Kier molecular flexibility index (Phi) is 5.06. The molecule has 2 N–H and O–H groups in total. The van der Waals surface area contributed by atoms with Crippen molar-refractivity contribution in [2.24, 2.45) is 4.99 Å². The second kappa shape index (κ2) is 7.25. The molecule has 0 atom stereocenters. The van der Waals surface area contributed by atoms with Crippen molar-refractivity contribution in [2.45, 2.75) is 38.5 Å². The van der Waals surface area contributed by atoms with Gasteiger partial charge in [-0.25, -0.2) is 4.39 Å². The van der Waals surface area contributed by atoms with Crippen molar-refractivity contribution in [2.75, 3.05) is 20.1 Å². The van der Waals surface area contributed by atoms with Gasteiger partial charge < -0.3 is 15.2 Å². The van der Waals surface area contributed by atoms with E-state index in [9.17, 15) is 4.39 Å². The van der Waals surface area contributed by atoms with Crippen LogP contribution in [0.1, 0.15) is 35.4 Å². The van der Waals surface area contributed by atoms with Gasteiger partial charge in [0.1, 0.15) is 11.6 Å². The van der Waals surface area contributed by atoms with Crippen LogP contribution >= 0.6 is 0 Å². The van der Waals surface area contributed by atoms with Gasteiger partial charge >= 0.3 is 0 Å². The van der Waals surface area contributed by atoms with Crippen molar-refractivity contribution in [1.29, 1.82) is 0 Å². The zero-order valence-corrected chi connectivity index (χ0v) is 15.0. The first-order valence-electron chi connectivity index (χ1n) is 8.66. The third-order valence-electron chi connectivity index (χ3n) is 4.96. The maximum absolute atomic E-state index is 13.5. The molecule has 0 bridgehead atoms. The normalized spacial score (nSPS) is 15.9. The number of aryl methyl sites for hydroxylation is 2. The van der Waals surface area contributed by atoms with E-state index in [1.807, 2.05) is 19.9 Å². The predicted molar refractivity (Wildman–Crippen MR) is 96.4 cm³/mol. The number of hydrogen-bond donors (Lipinski definition) is 2. The van der Waals surface area contributed by atoms with Crippen molar-refractivity contribution in [3.05, 3.63) is 52.7 Å². The highest BCUT2D eigenvalue weighted by Crippen LogP contribution is 2.47. The Morgan fingerprint density at radius 2 is 2.12 bits per heavy atom. The molecular formula is C19H25FN4O. The number of halogens is 1. The minimum Gasteiger partial charge on any atom is -0.361 e. The third kappa shape index (κ3) is 4.00. The summed E-state index contributed by atoms with van der Waals surface area (Å²) in [6.45, 7) is 5.38. The van der Waals surface area contributed by atoms with Crippen LogP contribution in [0.15, 0.2) is 33.8 Å². The zero-order chi connectivity index (χ0) is 17.9. The molecule has 3 rings (SSSR count). The number of aliphatic imine (C=N–C) groups is 1. The molecule has 134 valence electrons. The van der Waals surface area contributed by atoms with E-state index in [4.69, 9.17) is 4.52 Å². The van der Waals surface area contributed by atoms with E-state index >= 15 is 0 Å². The van der Waals surface area contributed by atoms with Crippen LogP contribution in [0, 0.1) is 19.7 Å². The van der Waals surface area contributed by atoms with Gasteiger partial charge in [-0.05, 0) is 50.8 Å². The zero-order valence-electron chi connectivity index (χ0n) is 15.0. The minimum absolute atomic E-state index is 0.0291. The molecule has 6 heteroatoms. The average Bonchev–Trinajstić information content (AvgIpc) is 3.33. The van der Waals surface area contributed by atoms with E-state index in [-0.39, 0.29) is 11.2 Å². The molecular weight excluding hydrogens is 319 g/mol. The quantitative estimate of drug-likeness (QED) is 0.625. The molecule has 0 aliphatic heterocycles. The molecule has 1 aromatic heterocycles. The van der Waals surface area contributed by atoms with Crippen molar-refractivity contribution >= 4 is 5.96 Å². The lowest BCUT2D eigenvalue weighted by atomic mass is 9.96. The molecule has 1 aliphatic rings.